The summed E-state index contributed by atoms with van der Waals surface area (Å²) in [5.41, 5.74) is -0.198. The molecule has 1 aromatic heterocycles. The van der Waals surface area contributed by atoms with Gasteiger partial charge in [0.1, 0.15) is 5.00 Å². The number of nitrogens with one attached hydrogen (secondary N) is 2. The third-order valence-electron chi connectivity index (χ3n) is 5.55. The molecule has 0 aromatic carbocycles. The zero-order valence-corrected chi connectivity index (χ0v) is 14.6. The predicted molar refractivity (Wildman–Crippen MR) is 91.0 cm³/mol. The van der Waals surface area contributed by atoms with Crippen molar-refractivity contribution in [2.24, 2.45) is 11.3 Å². The highest BCUT2D eigenvalue weighted by atomic mass is 32.1. The van der Waals surface area contributed by atoms with Gasteiger partial charge in [0.25, 0.3) is 0 Å². The molecule has 2 aliphatic carbocycles. The van der Waals surface area contributed by atoms with Crippen molar-refractivity contribution in [1.29, 1.82) is 5.26 Å². The van der Waals surface area contributed by atoms with E-state index in [-0.39, 0.29) is 23.3 Å². The molecule has 0 unspecified atom stereocenters. The SMILES string of the molecule is CC1(C)[C@H](NC#N)C[C@H]1C(=O)Nc1cnc(C2CCCCC2)s1. The number of carbonyl (C=O) groups excluding carboxylic acids is 1. The zero-order chi connectivity index (χ0) is 16.4. The Hall–Kier alpha value is -1.61. The van der Waals surface area contributed by atoms with Crippen molar-refractivity contribution in [1.82, 2.24) is 10.3 Å². The summed E-state index contributed by atoms with van der Waals surface area (Å²) >= 11 is 1.62. The summed E-state index contributed by atoms with van der Waals surface area (Å²) in [4.78, 5) is 17.0. The number of anilines is 1. The highest BCUT2D eigenvalue weighted by Crippen LogP contribution is 2.47. The van der Waals surface area contributed by atoms with E-state index in [1.54, 1.807) is 17.5 Å². The average Bonchev–Trinajstić information content (AvgIpc) is 3.00. The van der Waals surface area contributed by atoms with Crippen molar-refractivity contribution in [3.8, 4) is 6.19 Å². The van der Waals surface area contributed by atoms with Crippen molar-refractivity contribution in [3.05, 3.63) is 11.2 Å². The van der Waals surface area contributed by atoms with Gasteiger partial charge < -0.3 is 10.6 Å². The maximum Gasteiger partial charge on any atom is 0.228 e. The van der Waals surface area contributed by atoms with E-state index < -0.39 is 0 Å². The highest BCUT2D eigenvalue weighted by Gasteiger charge is 2.51. The molecule has 3 rings (SSSR count). The number of nitriles is 1. The van der Waals surface area contributed by atoms with E-state index in [4.69, 9.17) is 5.26 Å². The molecular formula is C17H24N4OS. The predicted octanol–water partition coefficient (Wildman–Crippen LogP) is 3.61. The molecule has 0 aliphatic heterocycles. The Balaban J connectivity index is 1.59. The van der Waals surface area contributed by atoms with Crippen LogP contribution in [0.1, 0.15) is 63.3 Å². The Morgan fingerprint density at radius 3 is 2.78 bits per heavy atom. The first-order chi connectivity index (χ1) is 11.0. The van der Waals surface area contributed by atoms with Crippen molar-refractivity contribution in [3.63, 3.8) is 0 Å². The first-order valence-electron chi connectivity index (χ1n) is 8.43. The van der Waals surface area contributed by atoms with E-state index in [1.165, 1.54) is 32.1 Å². The van der Waals surface area contributed by atoms with Crippen LogP contribution in [-0.2, 0) is 4.79 Å². The Labute approximate surface area is 141 Å². The lowest BCUT2D eigenvalue weighted by molar-refractivity contribution is -0.131. The number of rotatable bonds is 4. The molecule has 1 aromatic rings. The third-order valence-corrected chi connectivity index (χ3v) is 6.62. The van der Waals surface area contributed by atoms with Crippen LogP contribution in [0.25, 0.3) is 0 Å². The number of hydrogen-bond donors (Lipinski definition) is 2. The second-order valence-electron chi connectivity index (χ2n) is 7.31. The van der Waals surface area contributed by atoms with E-state index in [2.05, 4.69) is 15.6 Å². The summed E-state index contributed by atoms with van der Waals surface area (Å²) in [7, 11) is 0. The van der Waals surface area contributed by atoms with Gasteiger partial charge in [-0.1, -0.05) is 33.1 Å². The summed E-state index contributed by atoms with van der Waals surface area (Å²) < 4.78 is 0. The second-order valence-corrected chi connectivity index (χ2v) is 8.37. The number of nitrogens with zero attached hydrogens (tertiary/aromatic N) is 2. The lowest BCUT2D eigenvalue weighted by Gasteiger charge is -2.50. The first-order valence-corrected chi connectivity index (χ1v) is 9.25. The molecule has 2 atom stereocenters. The van der Waals surface area contributed by atoms with Gasteiger partial charge in [-0.05, 0) is 24.7 Å². The minimum Gasteiger partial charge on any atom is -0.320 e. The Kier molecular flexibility index (Phi) is 4.58. The van der Waals surface area contributed by atoms with Gasteiger partial charge in [-0.2, -0.15) is 5.26 Å². The Morgan fingerprint density at radius 1 is 1.39 bits per heavy atom. The van der Waals surface area contributed by atoms with Gasteiger partial charge in [0, 0.05) is 17.9 Å². The van der Waals surface area contributed by atoms with Crippen molar-refractivity contribution in [2.75, 3.05) is 5.32 Å². The van der Waals surface area contributed by atoms with Crippen LogP contribution in [0.15, 0.2) is 6.20 Å². The van der Waals surface area contributed by atoms with Gasteiger partial charge in [-0.15, -0.1) is 11.3 Å². The number of aromatic nitrogens is 1. The van der Waals surface area contributed by atoms with Crippen LogP contribution in [-0.4, -0.2) is 16.9 Å². The molecule has 0 bridgehead atoms. The maximum atomic E-state index is 12.5. The molecular weight excluding hydrogens is 308 g/mol. The maximum absolute atomic E-state index is 12.5. The normalized spacial score (nSPS) is 26.8. The lowest BCUT2D eigenvalue weighted by atomic mass is 9.58. The van der Waals surface area contributed by atoms with Gasteiger partial charge in [-0.3, -0.25) is 4.79 Å². The summed E-state index contributed by atoms with van der Waals surface area (Å²) in [6.07, 6.45) is 10.8. The minimum absolute atomic E-state index is 0.0461. The van der Waals surface area contributed by atoms with Gasteiger partial charge >= 0.3 is 0 Å². The molecule has 5 nitrogen and oxygen atoms in total. The lowest BCUT2D eigenvalue weighted by Crippen LogP contribution is -2.59. The number of hydrogen-bond acceptors (Lipinski definition) is 5. The van der Waals surface area contributed by atoms with Crippen LogP contribution < -0.4 is 10.6 Å². The van der Waals surface area contributed by atoms with Crippen LogP contribution >= 0.6 is 11.3 Å². The molecule has 1 amide bonds. The molecule has 0 spiro atoms. The smallest absolute Gasteiger partial charge is 0.228 e. The molecule has 2 N–H and O–H groups in total. The van der Waals surface area contributed by atoms with Crippen LogP contribution in [0.3, 0.4) is 0 Å². The number of carbonyl (C=O) groups is 1. The van der Waals surface area contributed by atoms with E-state index in [1.807, 2.05) is 20.0 Å². The standard InChI is InChI=1S/C17H24N4OS/c1-17(2)12(8-13(17)20-10-18)15(22)21-14-9-19-16(23-14)11-6-4-3-5-7-11/h9,11-13,20H,3-8H2,1-2H3,(H,21,22)/t12-,13+/m0/s1. The number of thiazole rings is 1. The molecule has 2 aliphatic rings. The Bertz CT molecular complexity index is 612. The first kappa shape index (κ1) is 16.3. The van der Waals surface area contributed by atoms with Crippen molar-refractivity contribution in [2.45, 2.75) is 64.3 Å². The van der Waals surface area contributed by atoms with Crippen molar-refractivity contribution < 1.29 is 4.79 Å². The topological polar surface area (TPSA) is 77.8 Å². The molecule has 2 saturated carbocycles. The fourth-order valence-corrected chi connectivity index (χ4v) is 4.78. The average molecular weight is 332 g/mol. The fraction of sp³-hybridized carbons (Fsp3) is 0.706. The van der Waals surface area contributed by atoms with Crippen LogP contribution in [0.5, 0.6) is 0 Å². The minimum atomic E-state index is -0.198. The van der Waals surface area contributed by atoms with Gasteiger partial charge in [-0.25, -0.2) is 4.98 Å². The molecule has 0 radical (unpaired) electrons. The van der Waals surface area contributed by atoms with Gasteiger partial charge in [0.2, 0.25) is 5.91 Å². The molecule has 23 heavy (non-hydrogen) atoms. The molecule has 0 saturated heterocycles. The van der Waals surface area contributed by atoms with Crippen LogP contribution in [0.4, 0.5) is 5.00 Å². The molecule has 124 valence electrons. The van der Waals surface area contributed by atoms with Gasteiger partial charge in [0.15, 0.2) is 6.19 Å². The van der Waals surface area contributed by atoms with E-state index in [0.717, 1.165) is 10.0 Å². The summed E-state index contributed by atoms with van der Waals surface area (Å²) in [6.45, 7) is 4.08. The molecule has 6 heteroatoms. The van der Waals surface area contributed by atoms with E-state index in [9.17, 15) is 4.79 Å². The second kappa shape index (κ2) is 6.48. The molecule has 2 fully saturated rings. The van der Waals surface area contributed by atoms with E-state index in [0.29, 0.717) is 12.3 Å². The highest BCUT2D eigenvalue weighted by molar-refractivity contribution is 7.15. The monoisotopic (exact) mass is 332 g/mol. The number of amides is 1. The zero-order valence-electron chi connectivity index (χ0n) is 13.8. The molecule has 1 heterocycles. The fourth-order valence-electron chi connectivity index (χ4n) is 3.79. The van der Waals surface area contributed by atoms with E-state index >= 15 is 0 Å². The van der Waals surface area contributed by atoms with Crippen LogP contribution in [0, 0.1) is 22.8 Å². The van der Waals surface area contributed by atoms with Gasteiger partial charge in [0.05, 0.1) is 11.2 Å². The third kappa shape index (κ3) is 3.20. The largest absolute Gasteiger partial charge is 0.320 e. The Morgan fingerprint density at radius 2 is 2.13 bits per heavy atom. The van der Waals surface area contributed by atoms with Crippen LogP contribution in [0.2, 0.25) is 0 Å². The summed E-state index contributed by atoms with van der Waals surface area (Å²) in [5.74, 6) is 0.558. The summed E-state index contributed by atoms with van der Waals surface area (Å²) in [5, 5.41) is 16.6. The quantitative estimate of drug-likeness (QED) is 0.652. The summed E-state index contributed by atoms with van der Waals surface area (Å²) in [6, 6.07) is 0.0857. The van der Waals surface area contributed by atoms with Crippen molar-refractivity contribution >= 4 is 22.2 Å².